The Hall–Kier alpha value is -0.520. The minimum absolute atomic E-state index is 0.0625. The van der Waals surface area contributed by atoms with Crippen LogP contribution in [0.2, 0.25) is 0 Å². The van der Waals surface area contributed by atoms with Crippen molar-refractivity contribution in [3.63, 3.8) is 0 Å². The molecular weight excluding hydrogens is 160 g/mol. The van der Waals surface area contributed by atoms with Crippen LogP contribution in [0.4, 0.5) is 0 Å². The van der Waals surface area contributed by atoms with Crippen LogP contribution in [0.25, 0.3) is 0 Å². The molecule has 0 radical (unpaired) electrons. The Labute approximate surface area is 81.5 Å². The molecule has 1 aliphatic rings. The topological polar surface area (TPSA) is 29.3 Å². The summed E-state index contributed by atoms with van der Waals surface area (Å²) in [4.78, 5) is 2.22. The molecule has 1 atom stereocenters. The highest BCUT2D eigenvalue weighted by Gasteiger charge is 2.38. The van der Waals surface area contributed by atoms with E-state index in [4.69, 9.17) is 12.2 Å². The minimum Gasteiger partial charge on any atom is -0.316 e. The number of likely N-dealkylation sites (N-methyl/N-ethyl adjacent to an activating group) is 1. The molecule has 0 aromatic carbocycles. The summed E-state index contributed by atoms with van der Waals surface area (Å²) in [6.07, 6.45) is 11.6. The molecule has 2 nitrogen and oxygen atoms in total. The van der Waals surface area contributed by atoms with Crippen LogP contribution >= 0.6 is 0 Å². The van der Waals surface area contributed by atoms with Gasteiger partial charge in [0.25, 0.3) is 0 Å². The molecule has 1 unspecified atom stereocenters. The average Bonchev–Trinajstić information content (AvgIpc) is 2.17. The summed E-state index contributed by atoms with van der Waals surface area (Å²) in [5, 5.41) is 0. The Bertz CT molecular complexity index is 197. The van der Waals surface area contributed by atoms with Crippen molar-refractivity contribution < 1.29 is 0 Å². The van der Waals surface area contributed by atoms with Crippen molar-refractivity contribution in [1.29, 1.82) is 0 Å². The number of terminal acetylenes is 1. The molecule has 0 heterocycles. The van der Waals surface area contributed by atoms with E-state index in [2.05, 4.69) is 24.9 Å². The zero-order chi connectivity index (χ0) is 9.90. The lowest BCUT2D eigenvalue weighted by Gasteiger charge is -2.45. The summed E-state index contributed by atoms with van der Waals surface area (Å²) in [6, 6.07) is -0.122. The van der Waals surface area contributed by atoms with Gasteiger partial charge in [-0.15, -0.1) is 6.42 Å². The number of nitrogens with zero attached hydrogens (tertiary/aromatic N) is 1. The molecular formula is C11H20N2. The maximum atomic E-state index is 6.01. The molecule has 1 saturated carbocycles. The third-order valence-corrected chi connectivity index (χ3v) is 3.37. The number of nitrogens with two attached hydrogens (primary N) is 1. The summed E-state index contributed by atoms with van der Waals surface area (Å²) in [7, 11) is 4.17. The first-order valence-corrected chi connectivity index (χ1v) is 5.02. The van der Waals surface area contributed by atoms with E-state index in [1.165, 1.54) is 19.3 Å². The van der Waals surface area contributed by atoms with Gasteiger partial charge in [0, 0.05) is 5.54 Å². The summed E-state index contributed by atoms with van der Waals surface area (Å²) in [5.74, 6) is 2.69. The molecule has 0 aromatic heterocycles. The van der Waals surface area contributed by atoms with E-state index in [1.54, 1.807) is 0 Å². The van der Waals surface area contributed by atoms with E-state index < -0.39 is 0 Å². The average molecular weight is 180 g/mol. The Morgan fingerprint density at radius 2 is 1.85 bits per heavy atom. The van der Waals surface area contributed by atoms with Gasteiger partial charge in [0.1, 0.15) is 0 Å². The molecule has 0 aliphatic heterocycles. The molecule has 0 saturated heterocycles. The van der Waals surface area contributed by atoms with E-state index in [0.29, 0.717) is 0 Å². The normalized spacial score (nSPS) is 23.9. The van der Waals surface area contributed by atoms with E-state index in [1.807, 2.05) is 0 Å². The largest absolute Gasteiger partial charge is 0.316 e. The lowest BCUT2D eigenvalue weighted by Crippen LogP contribution is -2.57. The smallest absolute Gasteiger partial charge is 0.0848 e. The van der Waals surface area contributed by atoms with Gasteiger partial charge in [0.15, 0.2) is 0 Å². The SMILES string of the molecule is C#CC(N)C1(N(C)C)CCCCC1. The highest BCUT2D eigenvalue weighted by atomic mass is 15.2. The first-order chi connectivity index (χ1) is 6.13. The summed E-state index contributed by atoms with van der Waals surface area (Å²) in [5.41, 5.74) is 6.07. The molecule has 13 heavy (non-hydrogen) atoms. The van der Waals surface area contributed by atoms with Gasteiger partial charge < -0.3 is 10.6 Å². The van der Waals surface area contributed by atoms with Crippen LogP contribution < -0.4 is 5.73 Å². The summed E-state index contributed by atoms with van der Waals surface area (Å²) < 4.78 is 0. The minimum atomic E-state index is -0.122. The van der Waals surface area contributed by atoms with Crippen LogP contribution in [-0.4, -0.2) is 30.6 Å². The molecule has 0 aromatic rings. The van der Waals surface area contributed by atoms with E-state index in [9.17, 15) is 0 Å². The Morgan fingerprint density at radius 3 is 2.23 bits per heavy atom. The summed E-state index contributed by atoms with van der Waals surface area (Å²) in [6.45, 7) is 0. The van der Waals surface area contributed by atoms with Crippen molar-refractivity contribution in [2.75, 3.05) is 14.1 Å². The second-order valence-electron chi connectivity index (χ2n) is 4.20. The van der Waals surface area contributed by atoms with Gasteiger partial charge in [-0.25, -0.2) is 0 Å². The second-order valence-corrected chi connectivity index (χ2v) is 4.20. The van der Waals surface area contributed by atoms with Crippen LogP contribution in [0.3, 0.4) is 0 Å². The number of hydrogen-bond acceptors (Lipinski definition) is 2. The van der Waals surface area contributed by atoms with Crippen LogP contribution in [-0.2, 0) is 0 Å². The maximum absolute atomic E-state index is 6.01. The van der Waals surface area contributed by atoms with Gasteiger partial charge >= 0.3 is 0 Å². The first kappa shape index (κ1) is 10.6. The fourth-order valence-corrected chi connectivity index (χ4v) is 2.36. The van der Waals surface area contributed by atoms with Gasteiger partial charge in [-0.3, -0.25) is 0 Å². The van der Waals surface area contributed by atoms with Crippen molar-refractivity contribution in [2.45, 2.75) is 43.7 Å². The molecule has 0 bridgehead atoms. The fraction of sp³-hybridized carbons (Fsp3) is 0.818. The predicted molar refractivity (Wildman–Crippen MR) is 56.3 cm³/mol. The molecule has 74 valence electrons. The first-order valence-electron chi connectivity index (χ1n) is 5.02. The quantitative estimate of drug-likeness (QED) is 0.647. The molecule has 0 spiro atoms. The highest BCUT2D eigenvalue weighted by Crippen LogP contribution is 2.34. The maximum Gasteiger partial charge on any atom is 0.0848 e. The second kappa shape index (κ2) is 4.13. The predicted octanol–water partition coefficient (Wildman–Crippen LogP) is 1.21. The molecule has 1 fully saturated rings. The highest BCUT2D eigenvalue weighted by molar-refractivity contribution is 5.12. The van der Waals surface area contributed by atoms with Crippen molar-refractivity contribution in [1.82, 2.24) is 4.90 Å². The monoisotopic (exact) mass is 180 g/mol. The van der Waals surface area contributed by atoms with E-state index in [0.717, 1.165) is 12.8 Å². The summed E-state index contributed by atoms with van der Waals surface area (Å²) >= 11 is 0. The van der Waals surface area contributed by atoms with Crippen LogP contribution in [0, 0.1) is 12.3 Å². The Balaban J connectivity index is 2.80. The van der Waals surface area contributed by atoms with Gasteiger partial charge in [-0.2, -0.15) is 0 Å². The van der Waals surface area contributed by atoms with Gasteiger partial charge in [-0.05, 0) is 26.9 Å². The molecule has 0 amide bonds. The Kier molecular flexibility index (Phi) is 3.35. The Morgan fingerprint density at radius 1 is 1.31 bits per heavy atom. The fourth-order valence-electron chi connectivity index (χ4n) is 2.36. The third kappa shape index (κ3) is 1.87. The van der Waals surface area contributed by atoms with Crippen LogP contribution in [0.1, 0.15) is 32.1 Å². The van der Waals surface area contributed by atoms with Crippen molar-refractivity contribution in [3.8, 4) is 12.3 Å². The van der Waals surface area contributed by atoms with Gasteiger partial charge in [0.05, 0.1) is 6.04 Å². The molecule has 2 N–H and O–H groups in total. The van der Waals surface area contributed by atoms with Crippen molar-refractivity contribution in [3.05, 3.63) is 0 Å². The number of rotatable bonds is 2. The van der Waals surface area contributed by atoms with E-state index >= 15 is 0 Å². The molecule has 1 aliphatic carbocycles. The zero-order valence-electron chi connectivity index (χ0n) is 8.71. The molecule has 1 rings (SSSR count). The van der Waals surface area contributed by atoms with Crippen molar-refractivity contribution >= 4 is 0 Å². The lowest BCUT2D eigenvalue weighted by atomic mass is 9.76. The standard InChI is InChI=1S/C11H20N2/c1-4-10(12)11(13(2)3)8-6-5-7-9-11/h1,10H,5-9,12H2,2-3H3. The van der Waals surface area contributed by atoms with Gasteiger partial charge in [-0.1, -0.05) is 25.2 Å². The molecule has 2 heteroatoms. The van der Waals surface area contributed by atoms with Gasteiger partial charge in [0.2, 0.25) is 0 Å². The van der Waals surface area contributed by atoms with Crippen LogP contribution in [0.5, 0.6) is 0 Å². The van der Waals surface area contributed by atoms with E-state index in [-0.39, 0.29) is 11.6 Å². The third-order valence-electron chi connectivity index (χ3n) is 3.37. The lowest BCUT2D eigenvalue weighted by molar-refractivity contribution is 0.0895. The number of hydrogen-bond donors (Lipinski definition) is 1. The van der Waals surface area contributed by atoms with Crippen molar-refractivity contribution in [2.24, 2.45) is 5.73 Å². The van der Waals surface area contributed by atoms with Crippen LogP contribution in [0.15, 0.2) is 0 Å². The zero-order valence-corrected chi connectivity index (χ0v) is 8.71.